The summed E-state index contributed by atoms with van der Waals surface area (Å²) in [5, 5.41) is 0. The van der Waals surface area contributed by atoms with Crippen LogP contribution in [0.2, 0.25) is 0 Å². The zero-order valence-electron chi connectivity index (χ0n) is 7.31. The van der Waals surface area contributed by atoms with Crippen LogP contribution >= 0.6 is 0 Å². The van der Waals surface area contributed by atoms with Crippen LogP contribution in [0.3, 0.4) is 0 Å². The summed E-state index contributed by atoms with van der Waals surface area (Å²) in [5.74, 6) is 2.54. The van der Waals surface area contributed by atoms with Gasteiger partial charge in [0.25, 0.3) is 7.41 Å². The molecule has 0 radical (unpaired) electrons. The first-order chi connectivity index (χ1) is 5.04. The maximum atomic E-state index is 5.21. The van der Waals surface area contributed by atoms with Crippen molar-refractivity contribution in [3.8, 4) is 12.3 Å². The Labute approximate surface area is 68.9 Å². The van der Waals surface area contributed by atoms with Gasteiger partial charge in [-0.2, -0.15) is 0 Å². The average Bonchev–Trinajstić information content (AvgIpc) is 2.32. The minimum atomic E-state index is 0.210. The van der Waals surface area contributed by atoms with E-state index < -0.39 is 0 Å². The molecule has 0 unspecified atom stereocenters. The molecule has 1 aliphatic rings. The fourth-order valence-corrected chi connectivity index (χ4v) is 0.968. The summed E-state index contributed by atoms with van der Waals surface area (Å²) in [4.78, 5) is 4.19. The van der Waals surface area contributed by atoms with Crippen LogP contribution in [-0.2, 0) is 0 Å². The molecule has 0 saturated carbocycles. The van der Waals surface area contributed by atoms with Crippen molar-refractivity contribution < 1.29 is 0 Å². The summed E-state index contributed by atoms with van der Waals surface area (Å²) < 4.78 is 0. The van der Waals surface area contributed by atoms with Crippen molar-refractivity contribution in [3.05, 3.63) is 11.5 Å². The highest BCUT2D eigenvalue weighted by Crippen LogP contribution is 2.26. The normalized spacial score (nSPS) is 16.5. The largest absolute Gasteiger partial charge is 0.334 e. The van der Waals surface area contributed by atoms with Crippen molar-refractivity contribution in [2.24, 2.45) is 10.3 Å². The monoisotopic (exact) mass is 145 g/mol. The van der Waals surface area contributed by atoms with Crippen LogP contribution in [-0.4, -0.2) is 13.1 Å². The SMILES string of the molecule is C#CC1=NBC(C(C)(C)C)=C1. The first kappa shape index (κ1) is 8.13. The molecule has 0 N–H and O–H groups in total. The van der Waals surface area contributed by atoms with Crippen molar-refractivity contribution in [3.63, 3.8) is 0 Å². The summed E-state index contributed by atoms with van der Waals surface area (Å²) >= 11 is 0. The smallest absolute Gasteiger partial charge is 0.292 e. The van der Waals surface area contributed by atoms with Crippen molar-refractivity contribution in [1.29, 1.82) is 0 Å². The van der Waals surface area contributed by atoms with E-state index in [1.165, 1.54) is 5.47 Å². The number of terminal acetylenes is 1. The summed E-state index contributed by atoms with van der Waals surface area (Å²) in [6.07, 6.45) is 7.23. The lowest BCUT2D eigenvalue weighted by molar-refractivity contribution is 0.530. The predicted octanol–water partition coefficient (Wildman–Crippen LogP) is 1.36. The Bertz CT molecular complexity index is 260. The lowest BCUT2D eigenvalue weighted by atomic mass is 9.69. The molecule has 1 nitrogen and oxygen atoms in total. The third kappa shape index (κ3) is 1.74. The molecule has 0 saturated heterocycles. The van der Waals surface area contributed by atoms with Crippen molar-refractivity contribution in [2.75, 3.05) is 0 Å². The fraction of sp³-hybridized carbons (Fsp3) is 0.444. The van der Waals surface area contributed by atoms with Gasteiger partial charge in [-0.05, 0) is 11.5 Å². The second-order valence-electron chi connectivity index (χ2n) is 3.77. The molecule has 1 heterocycles. The van der Waals surface area contributed by atoms with Gasteiger partial charge in [-0.3, -0.25) is 0 Å². The number of rotatable bonds is 0. The first-order valence-corrected chi connectivity index (χ1v) is 3.76. The molecule has 0 aromatic carbocycles. The van der Waals surface area contributed by atoms with Crippen LogP contribution in [0.15, 0.2) is 16.5 Å². The van der Waals surface area contributed by atoms with Gasteiger partial charge in [-0.1, -0.05) is 32.2 Å². The van der Waals surface area contributed by atoms with E-state index >= 15 is 0 Å². The van der Waals surface area contributed by atoms with Gasteiger partial charge >= 0.3 is 0 Å². The zero-order chi connectivity index (χ0) is 8.48. The van der Waals surface area contributed by atoms with Gasteiger partial charge in [0.15, 0.2) is 0 Å². The molecule has 0 atom stereocenters. The highest BCUT2D eigenvalue weighted by molar-refractivity contribution is 6.51. The Kier molecular flexibility index (Phi) is 1.91. The van der Waals surface area contributed by atoms with Gasteiger partial charge in [-0.25, -0.2) is 0 Å². The maximum Gasteiger partial charge on any atom is 0.292 e. The Morgan fingerprint density at radius 2 is 2.18 bits per heavy atom. The van der Waals surface area contributed by atoms with Gasteiger partial charge in [0.2, 0.25) is 0 Å². The topological polar surface area (TPSA) is 12.4 Å². The molecule has 56 valence electrons. The fourth-order valence-electron chi connectivity index (χ4n) is 0.968. The molecule has 1 aliphatic heterocycles. The Morgan fingerprint density at radius 1 is 1.55 bits per heavy atom. The van der Waals surface area contributed by atoms with E-state index in [1.807, 2.05) is 6.08 Å². The zero-order valence-corrected chi connectivity index (χ0v) is 7.31. The Morgan fingerprint density at radius 3 is 2.45 bits per heavy atom. The molecular formula is C9H12BN. The Hall–Kier alpha value is -0.965. The van der Waals surface area contributed by atoms with E-state index in [0.29, 0.717) is 0 Å². The summed E-state index contributed by atoms with van der Waals surface area (Å²) in [6, 6.07) is 0. The van der Waals surface area contributed by atoms with Gasteiger partial charge < -0.3 is 4.90 Å². The molecule has 2 heteroatoms. The summed E-state index contributed by atoms with van der Waals surface area (Å²) in [6.45, 7) is 6.52. The van der Waals surface area contributed by atoms with Crippen LogP contribution in [0.5, 0.6) is 0 Å². The van der Waals surface area contributed by atoms with Crippen LogP contribution in [0.4, 0.5) is 0 Å². The van der Waals surface area contributed by atoms with Crippen molar-refractivity contribution >= 4 is 13.1 Å². The molecule has 1 rings (SSSR count). The van der Waals surface area contributed by atoms with E-state index in [-0.39, 0.29) is 5.41 Å². The van der Waals surface area contributed by atoms with Gasteiger partial charge in [0, 0.05) is 0 Å². The molecule has 0 bridgehead atoms. The quantitative estimate of drug-likeness (QED) is 0.360. The molecular weight excluding hydrogens is 133 g/mol. The van der Waals surface area contributed by atoms with Gasteiger partial charge in [-0.15, -0.1) is 6.42 Å². The minimum absolute atomic E-state index is 0.210. The number of hydrogen-bond donors (Lipinski definition) is 0. The highest BCUT2D eigenvalue weighted by atomic mass is 14.6. The summed E-state index contributed by atoms with van der Waals surface area (Å²) in [5.41, 5.74) is 2.32. The third-order valence-electron chi connectivity index (χ3n) is 1.84. The first-order valence-electron chi connectivity index (χ1n) is 3.76. The highest BCUT2D eigenvalue weighted by Gasteiger charge is 2.21. The second-order valence-corrected chi connectivity index (χ2v) is 3.77. The number of hydrogen-bond acceptors (Lipinski definition) is 1. The van der Waals surface area contributed by atoms with Crippen LogP contribution in [0.25, 0.3) is 0 Å². The molecule has 0 aromatic rings. The molecule has 0 spiro atoms. The van der Waals surface area contributed by atoms with Crippen LogP contribution < -0.4 is 0 Å². The van der Waals surface area contributed by atoms with E-state index in [4.69, 9.17) is 6.42 Å². The molecule has 0 aromatic heterocycles. The van der Waals surface area contributed by atoms with Crippen molar-refractivity contribution in [1.82, 2.24) is 0 Å². The van der Waals surface area contributed by atoms with E-state index in [1.54, 1.807) is 0 Å². The van der Waals surface area contributed by atoms with Crippen LogP contribution in [0, 0.1) is 17.8 Å². The molecule has 11 heavy (non-hydrogen) atoms. The van der Waals surface area contributed by atoms with Crippen LogP contribution in [0.1, 0.15) is 20.8 Å². The average molecular weight is 145 g/mol. The Balaban J connectivity index is 2.79. The molecule has 0 amide bonds. The van der Waals surface area contributed by atoms with Gasteiger partial charge in [0.1, 0.15) is 0 Å². The molecule has 0 aliphatic carbocycles. The second kappa shape index (κ2) is 2.58. The standard InChI is InChI=1S/C9H12BN/c1-5-7-6-8(10-11-7)9(2,3)4/h1,6,10H,2-4H3. The van der Waals surface area contributed by atoms with Crippen molar-refractivity contribution in [2.45, 2.75) is 20.8 Å². The molecule has 0 fully saturated rings. The predicted molar refractivity (Wildman–Crippen MR) is 51.0 cm³/mol. The van der Waals surface area contributed by atoms with Gasteiger partial charge in [0.05, 0.1) is 5.71 Å². The lowest BCUT2D eigenvalue weighted by Crippen LogP contribution is -2.11. The van der Waals surface area contributed by atoms with E-state index in [0.717, 1.165) is 13.1 Å². The number of allylic oxidation sites excluding steroid dienone is 2. The van der Waals surface area contributed by atoms with E-state index in [2.05, 4.69) is 31.6 Å². The van der Waals surface area contributed by atoms with E-state index in [9.17, 15) is 0 Å². The number of nitrogens with zero attached hydrogens (tertiary/aromatic N) is 1. The third-order valence-corrected chi connectivity index (χ3v) is 1.84. The maximum absolute atomic E-state index is 5.21. The summed E-state index contributed by atoms with van der Waals surface area (Å²) in [7, 11) is 0.781. The minimum Gasteiger partial charge on any atom is -0.334 e. The lowest BCUT2D eigenvalue weighted by Gasteiger charge is -2.18.